The first-order chi connectivity index (χ1) is 6.22. The van der Waals surface area contributed by atoms with Gasteiger partial charge in [0, 0.05) is 6.04 Å². The highest BCUT2D eigenvalue weighted by Gasteiger charge is 1.97. The van der Waals surface area contributed by atoms with Crippen LogP contribution >= 0.6 is 0 Å². The summed E-state index contributed by atoms with van der Waals surface area (Å²) in [5.74, 6) is 1.64. The van der Waals surface area contributed by atoms with Gasteiger partial charge in [0.25, 0.3) is 0 Å². The molecule has 0 bridgehead atoms. The average Bonchev–Trinajstić information content (AvgIpc) is 2.15. The van der Waals surface area contributed by atoms with Crippen LogP contribution < -0.4 is 15.2 Å². The Bertz CT molecular complexity index is 244. The summed E-state index contributed by atoms with van der Waals surface area (Å²) in [4.78, 5) is 0. The highest BCUT2D eigenvalue weighted by Crippen LogP contribution is 2.16. The van der Waals surface area contributed by atoms with Crippen LogP contribution in [0.2, 0.25) is 0 Å². The minimum Gasteiger partial charge on any atom is -0.497 e. The Balaban J connectivity index is 2.49. The van der Waals surface area contributed by atoms with Crippen LogP contribution in [-0.2, 0) is 0 Å². The van der Waals surface area contributed by atoms with E-state index in [4.69, 9.17) is 15.2 Å². The van der Waals surface area contributed by atoms with Crippen molar-refractivity contribution < 1.29 is 9.47 Å². The van der Waals surface area contributed by atoms with Gasteiger partial charge in [-0.3, -0.25) is 0 Å². The number of rotatable bonds is 4. The fourth-order valence-corrected chi connectivity index (χ4v) is 0.900. The first kappa shape index (κ1) is 9.86. The van der Waals surface area contributed by atoms with Crippen molar-refractivity contribution in [3.05, 3.63) is 24.3 Å². The second-order valence-electron chi connectivity index (χ2n) is 2.96. The van der Waals surface area contributed by atoms with Crippen molar-refractivity contribution in [2.24, 2.45) is 5.73 Å². The molecule has 0 saturated carbocycles. The maximum atomic E-state index is 5.55. The zero-order valence-corrected chi connectivity index (χ0v) is 7.99. The Hall–Kier alpha value is -1.22. The third-order valence-electron chi connectivity index (χ3n) is 1.57. The van der Waals surface area contributed by atoms with E-state index in [2.05, 4.69) is 0 Å². The second-order valence-corrected chi connectivity index (χ2v) is 2.96. The second kappa shape index (κ2) is 4.72. The molecule has 0 amide bonds. The summed E-state index contributed by atoms with van der Waals surface area (Å²) in [5, 5.41) is 0. The van der Waals surface area contributed by atoms with E-state index in [-0.39, 0.29) is 6.04 Å². The molecule has 1 aromatic carbocycles. The molecular formula is C10H15NO2. The molecule has 1 aromatic rings. The van der Waals surface area contributed by atoms with Crippen LogP contribution in [-0.4, -0.2) is 19.8 Å². The normalized spacial score (nSPS) is 12.2. The first-order valence-electron chi connectivity index (χ1n) is 4.25. The summed E-state index contributed by atoms with van der Waals surface area (Å²) in [7, 11) is 1.64. The quantitative estimate of drug-likeness (QED) is 0.764. The van der Waals surface area contributed by atoms with Gasteiger partial charge in [0.05, 0.1) is 7.11 Å². The Morgan fingerprint density at radius 3 is 2.23 bits per heavy atom. The van der Waals surface area contributed by atoms with E-state index in [0.717, 1.165) is 11.5 Å². The molecular weight excluding hydrogens is 166 g/mol. The van der Waals surface area contributed by atoms with Crippen LogP contribution in [0.15, 0.2) is 24.3 Å². The van der Waals surface area contributed by atoms with Crippen LogP contribution in [0, 0.1) is 0 Å². The molecule has 0 heterocycles. The minimum atomic E-state index is 0.0575. The molecule has 0 fully saturated rings. The topological polar surface area (TPSA) is 44.5 Å². The number of benzene rings is 1. The van der Waals surface area contributed by atoms with Crippen molar-refractivity contribution in [3.63, 3.8) is 0 Å². The molecule has 0 saturated heterocycles. The average molecular weight is 181 g/mol. The van der Waals surface area contributed by atoms with Gasteiger partial charge in [-0.2, -0.15) is 0 Å². The zero-order chi connectivity index (χ0) is 9.68. The number of nitrogens with two attached hydrogens (primary N) is 1. The summed E-state index contributed by atoms with van der Waals surface area (Å²) in [6, 6.07) is 7.50. The van der Waals surface area contributed by atoms with Gasteiger partial charge in [0.15, 0.2) is 0 Å². The van der Waals surface area contributed by atoms with E-state index in [1.165, 1.54) is 0 Å². The van der Waals surface area contributed by atoms with E-state index in [1.807, 2.05) is 31.2 Å². The predicted octanol–water partition coefficient (Wildman–Crippen LogP) is 1.42. The molecule has 3 heteroatoms. The molecule has 0 radical (unpaired) electrons. The number of methoxy groups -OCH3 is 1. The lowest BCUT2D eigenvalue weighted by Crippen LogP contribution is -2.23. The van der Waals surface area contributed by atoms with E-state index >= 15 is 0 Å². The molecule has 72 valence electrons. The highest BCUT2D eigenvalue weighted by molar-refractivity contribution is 5.31. The number of hydrogen-bond donors (Lipinski definition) is 1. The molecule has 0 aliphatic carbocycles. The Kier molecular flexibility index (Phi) is 3.58. The van der Waals surface area contributed by atoms with E-state index in [1.54, 1.807) is 7.11 Å². The van der Waals surface area contributed by atoms with Gasteiger partial charge in [-0.05, 0) is 31.2 Å². The first-order valence-corrected chi connectivity index (χ1v) is 4.25. The Morgan fingerprint density at radius 1 is 1.23 bits per heavy atom. The molecule has 2 N–H and O–H groups in total. The van der Waals surface area contributed by atoms with E-state index < -0.39 is 0 Å². The Labute approximate surface area is 78.5 Å². The van der Waals surface area contributed by atoms with Gasteiger partial charge in [-0.1, -0.05) is 0 Å². The number of hydrogen-bond acceptors (Lipinski definition) is 3. The lowest BCUT2D eigenvalue weighted by atomic mass is 10.3. The van der Waals surface area contributed by atoms with Gasteiger partial charge in [-0.25, -0.2) is 0 Å². The van der Waals surface area contributed by atoms with Crippen LogP contribution in [0.25, 0.3) is 0 Å². The SMILES string of the molecule is COc1ccc(OCC(C)N)cc1. The van der Waals surface area contributed by atoms with Crippen molar-refractivity contribution in [1.29, 1.82) is 0 Å². The van der Waals surface area contributed by atoms with E-state index in [0.29, 0.717) is 6.61 Å². The molecule has 0 aromatic heterocycles. The lowest BCUT2D eigenvalue weighted by molar-refractivity contribution is 0.295. The maximum Gasteiger partial charge on any atom is 0.119 e. The van der Waals surface area contributed by atoms with Crippen LogP contribution in [0.4, 0.5) is 0 Å². The summed E-state index contributed by atoms with van der Waals surface area (Å²) in [6.45, 7) is 2.44. The molecule has 3 nitrogen and oxygen atoms in total. The van der Waals surface area contributed by atoms with Gasteiger partial charge >= 0.3 is 0 Å². The summed E-state index contributed by atoms with van der Waals surface area (Å²) in [6.07, 6.45) is 0. The van der Waals surface area contributed by atoms with Gasteiger partial charge < -0.3 is 15.2 Å². The van der Waals surface area contributed by atoms with Gasteiger partial charge in [0.1, 0.15) is 18.1 Å². The van der Waals surface area contributed by atoms with Crippen molar-refractivity contribution >= 4 is 0 Å². The van der Waals surface area contributed by atoms with Gasteiger partial charge in [0.2, 0.25) is 0 Å². The third-order valence-corrected chi connectivity index (χ3v) is 1.57. The Morgan fingerprint density at radius 2 is 1.77 bits per heavy atom. The molecule has 0 aliphatic rings. The molecule has 1 atom stereocenters. The molecule has 1 unspecified atom stereocenters. The van der Waals surface area contributed by atoms with Crippen molar-refractivity contribution in [1.82, 2.24) is 0 Å². The van der Waals surface area contributed by atoms with Crippen molar-refractivity contribution in [3.8, 4) is 11.5 Å². The molecule has 0 aliphatic heterocycles. The fraction of sp³-hybridized carbons (Fsp3) is 0.400. The third kappa shape index (κ3) is 3.34. The molecule has 1 rings (SSSR count). The molecule has 0 spiro atoms. The number of ether oxygens (including phenoxy) is 2. The summed E-state index contributed by atoms with van der Waals surface area (Å²) < 4.78 is 10.4. The summed E-state index contributed by atoms with van der Waals surface area (Å²) in [5.41, 5.74) is 5.55. The lowest BCUT2D eigenvalue weighted by Gasteiger charge is -2.08. The standard InChI is InChI=1S/C10H15NO2/c1-8(11)7-13-10-5-3-9(12-2)4-6-10/h3-6,8H,7,11H2,1-2H3. The maximum absolute atomic E-state index is 5.55. The largest absolute Gasteiger partial charge is 0.497 e. The molecule has 13 heavy (non-hydrogen) atoms. The monoisotopic (exact) mass is 181 g/mol. The minimum absolute atomic E-state index is 0.0575. The smallest absolute Gasteiger partial charge is 0.119 e. The zero-order valence-electron chi connectivity index (χ0n) is 7.99. The van der Waals surface area contributed by atoms with E-state index in [9.17, 15) is 0 Å². The van der Waals surface area contributed by atoms with Crippen LogP contribution in [0.5, 0.6) is 11.5 Å². The fourth-order valence-electron chi connectivity index (χ4n) is 0.900. The van der Waals surface area contributed by atoms with Crippen LogP contribution in [0.3, 0.4) is 0 Å². The van der Waals surface area contributed by atoms with Crippen molar-refractivity contribution in [2.75, 3.05) is 13.7 Å². The van der Waals surface area contributed by atoms with Crippen LogP contribution in [0.1, 0.15) is 6.92 Å². The predicted molar refractivity (Wildman–Crippen MR) is 52.1 cm³/mol. The van der Waals surface area contributed by atoms with Crippen molar-refractivity contribution in [2.45, 2.75) is 13.0 Å². The highest BCUT2D eigenvalue weighted by atomic mass is 16.5. The van der Waals surface area contributed by atoms with Gasteiger partial charge in [-0.15, -0.1) is 0 Å². The summed E-state index contributed by atoms with van der Waals surface area (Å²) >= 11 is 0.